The third kappa shape index (κ3) is 3.18. The van der Waals surface area contributed by atoms with Crippen molar-refractivity contribution in [3.63, 3.8) is 0 Å². The van der Waals surface area contributed by atoms with Gasteiger partial charge in [0, 0.05) is 10.5 Å². The molecule has 2 rings (SSSR count). The number of benzene rings is 2. The number of rotatable bonds is 3. The second kappa shape index (κ2) is 5.79. The third-order valence-corrected chi connectivity index (χ3v) is 5.37. The van der Waals surface area contributed by atoms with E-state index in [1.54, 1.807) is 12.1 Å². The Balaban J connectivity index is 2.44. The Bertz CT molecular complexity index is 766. The third-order valence-electron chi connectivity index (χ3n) is 2.38. The second-order valence-corrected chi connectivity index (χ2v) is 7.14. The molecule has 2 aromatic carbocycles. The quantitative estimate of drug-likeness (QED) is 0.744. The van der Waals surface area contributed by atoms with E-state index in [9.17, 15) is 17.2 Å². The summed E-state index contributed by atoms with van der Waals surface area (Å²) in [5.74, 6) is -1.81. The lowest BCUT2D eigenvalue weighted by molar-refractivity contribution is 0.579. The molecule has 2 aromatic rings. The molecule has 0 radical (unpaired) electrons. The average Bonchev–Trinajstić information content (AvgIpc) is 2.36. The van der Waals surface area contributed by atoms with E-state index >= 15 is 0 Å². The van der Waals surface area contributed by atoms with Gasteiger partial charge in [0.15, 0.2) is 0 Å². The number of sulfonamides is 1. The fourth-order valence-corrected chi connectivity index (χ4v) is 3.87. The molecule has 0 heterocycles. The zero-order valence-electron chi connectivity index (χ0n) is 9.70. The first-order valence-electron chi connectivity index (χ1n) is 5.23. The smallest absolute Gasteiger partial charge is 0.263 e. The molecule has 3 nitrogen and oxygen atoms in total. The highest BCUT2D eigenvalue weighted by Crippen LogP contribution is 2.28. The molecular formula is C12H7Br2F2NO2S. The summed E-state index contributed by atoms with van der Waals surface area (Å²) in [6, 6.07) is 7.73. The molecule has 0 saturated carbocycles. The van der Waals surface area contributed by atoms with Gasteiger partial charge in [-0.15, -0.1) is 0 Å². The van der Waals surface area contributed by atoms with Crippen LogP contribution in [0.2, 0.25) is 0 Å². The normalized spacial score (nSPS) is 11.4. The van der Waals surface area contributed by atoms with Crippen LogP contribution in [-0.4, -0.2) is 8.42 Å². The van der Waals surface area contributed by atoms with Gasteiger partial charge in [-0.05, 0) is 50.1 Å². The number of hydrogen-bond donors (Lipinski definition) is 1. The summed E-state index contributed by atoms with van der Waals surface area (Å²) in [5.41, 5.74) is -0.339. The van der Waals surface area contributed by atoms with E-state index in [0.29, 0.717) is 10.5 Å². The van der Waals surface area contributed by atoms with Crippen molar-refractivity contribution >= 4 is 47.6 Å². The van der Waals surface area contributed by atoms with Crippen molar-refractivity contribution in [1.82, 2.24) is 0 Å². The van der Waals surface area contributed by atoms with Gasteiger partial charge < -0.3 is 0 Å². The van der Waals surface area contributed by atoms with Gasteiger partial charge in [-0.1, -0.05) is 12.1 Å². The van der Waals surface area contributed by atoms with E-state index in [1.165, 1.54) is 12.1 Å². The maximum atomic E-state index is 13.6. The first-order chi connectivity index (χ1) is 9.31. The maximum absolute atomic E-state index is 13.6. The van der Waals surface area contributed by atoms with Crippen LogP contribution < -0.4 is 4.72 Å². The van der Waals surface area contributed by atoms with Gasteiger partial charge >= 0.3 is 0 Å². The van der Waals surface area contributed by atoms with Crippen LogP contribution in [0.25, 0.3) is 0 Å². The van der Waals surface area contributed by atoms with Crippen LogP contribution in [0, 0.1) is 11.6 Å². The standard InChI is InChI=1S/C12H7Br2F2NO2S/c13-7-3-1-2-4-12(7)20(18,19)17-11-5-8(14)9(15)6-10(11)16/h1-6,17H. The van der Waals surface area contributed by atoms with Crippen LogP contribution in [0.4, 0.5) is 14.5 Å². The second-order valence-electron chi connectivity index (χ2n) is 3.78. The van der Waals surface area contributed by atoms with E-state index in [2.05, 4.69) is 36.6 Å². The lowest BCUT2D eigenvalue weighted by Crippen LogP contribution is -2.14. The van der Waals surface area contributed by atoms with Crippen molar-refractivity contribution in [2.45, 2.75) is 4.90 Å². The molecule has 0 fully saturated rings. The fraction of sp³-hybridized carbons (Fsp3) is 0. The van der Waals surface area contributed by atoms with Crippen molar-refractivity contribution in [1.29, 1.82) is 0 Å². The van der Waals surface area contributed by atoms with Crippen LogP contribution >= 0.6 is 31.9 Å². The molecule has 0 unspecified atom stereocenters. The molecular weight excluding hydrogens is 420 g/mol. The minimum absolute atomic E-state index is 0.0382. The predicted molar refractivity (Wildman–Crippen MR) is 79.0 cm³/mol. The molecule has 106 valence electrons. The van der Waals surface area contributed by atoms with Crippen molar-refractivity contribution in [3.8, 4) is 0 Å². The van der Waals surface area contributed by atoms with E-state index in [-0.39, 0.29) is 15.1 Å². The van der Waals surface area contributed by atoms with Gasteiger partial charge in [0.2, 0.25) is 0 Å². The van der Waals surface area contributed by atoms with Crippen LogP contribution in [0.1, 0.15) is 0 Å². The topological polar surface area (TPSA) is 46.2 Å². The van der Waals surface area contributed by atoms with E-state index in [1.807, 2.05) is 0 Å². The van der Waals surface area contributed by atoms with Gasteiger partial charge in [-0.25, -0.2) is 17.2 Å². The molecule has 20 heavy (non-hydrogen) atoms. The van der Waals surface area contributed by atoms with Crippen molar-refractivity contribution in [3.05, 3.63) is 57.0 Å². The highest BCUT2D eigenvalue weighted by molar-refractivity contribution is 9.10. The average molecular weight is 427 g/mol. The summed E-state index contributed by atoms with van der Waals surface area (Å²) in [7, 11) is -3.98. The van der Waals surface area contributed by atoms with Crippen LogP contribution in [0.3, 0.4) is 0 Å². The van der Waals surface area contributed by atoms with E-state index in [4.69, 9.17) is 0 Å². The van der Waals surface area contributed by atoms with Gasteiger partial charge in [-0.3, -0.25) is 4.72 Å². The van der Waals surface area contributed by atoms with Crippen molar-refractivity contribution in [2.24, 2.45) is 0 Å². The lowest BCUT2D eigenvalue weighted by Gasteiger charge is -2.11. The van der Waals surface area contributed by atoms with Crippen LogP contribution in [0.15, 0.2) is 50.2 Å². The van der Waals surface area contributed by atoms with Gasteiger partial charge in [0.1, 0.15) is 16.5 Å². The molecule has 0 aromatic heterocycles. The van der Waals surface area contributed by atoms with Gasteiger partial charge in [-0.2, -0.15) is 0 Å². The fourth-order valence-electron chi connectivity index (χ4n) is 1.46. The highest BCUT2D eigenvalue weighted by Gasteiger charge is 2.19. The minimum Gasteiger partial charge on any atom is -0.277 e. The molecule has 0 aliphatic carbocycles. The summed E-state index contributed by atoms with van der Waals surface area (Å²) >= 11 is 5.98. The molecule has 0 atom stereocenters. The predicted octanol–water partition coefficient (Wildman–Crippen LogP) is 4.29. The Morgan fingerprint density at radius 3 is 2.25 bits per heavy atom. The lowest BCUT2D eigenvalue weighted by atomic mass is 10.3. The minimum atomic E-state index is -3.98. The first kappa shape index (κ1) is 15.4. The van der Waals surface area contributed by atoms with Crippen molar-refractivity contribution < 1.29 is 17.2 Å². The SMILES string of the molecule is O=S(=O)(Nc1cc(Br)c(F)cc1F)c1ccccc1Br. The number of halogens is 4. The molecule has 0 saturated heterocycles. The monoisotopic (exact) mass is 425 g/mol. The molecule has 0 bridgehead atoms. The van der Waals surface area contributed by atoms with Crippen LogP contribution in [-0.2, 0) is 10.0 Å². The summed E-state index contributed by atoms with van der Waals surface area (Å²) < 4.78 is 53.4. The molecule has 0 spiro atoms. The number of nitrogens with one attached hydrogen (secondary N) is 1. The molecule has 1 N–H and O–H groups in total. The Morgan fingerprint density at radius 2 is 1.60 bits per heavy atom. The molecule has 0 aliphatic rings. The van der Waals surface area contributed by atoms with E-state index in [0.717, 1.165) is 6.07 Å². The zero-order chi connectivity index (χ0) is 14.9. The number of anilines is 1. The van der Waals surface area contributed by atoms with Gasteiger partial charge in [0.05, 0.1) is 10.2 Å². The highest BCUT2D eigenvalue weighted by atomic mass is 79.9. The Labute approximate surface area is 131 Å². The summed E-state index contributed by atoms with van der Waals surface area (Å²) in [5, 5.41) is 0. The summed E-state index contributed by atoms with van der Waals surface area (Å²) in [6.07, 6.45) is 0. The molecule has 0 amide bonds. The van der Waals surface area contributed by atoms with Crippen LogP contribution in [0.5, 0.6) is 0 Å². The van der Waals surface area contributed by atoms with Crippen molar-refractivity contribution in [2.75, 3.05) is 4.72 Å². The summed E-state index contributed by atoms with van der Waals surface area (Å²) in [6.45, 7) is 0. The first-order valence-corrected chi connectivity index (χ1v) is 8.30. The largest absolute Gasteiger partial charge is 0.277 e. The Morgan fingerprint density at radius 1 is 0.950 bits per heavy atom. The summed E-state index contributed by atoms with van der Waals surface area (Å²) in [4.78, 5) is -0.0418. The zero-order valence-corrected chi connectivity index (χ0v) is 13.7. The van der Waals surface area contributed by atoms with Gasteiger partial charge in [0.25, 0.3) is 10.0 Å². The molecule has 0 aliphatic heterocycles. The maximum Gasteiger partial charge on any atom is 0.263 e. The Kier molecular flexibility index (Phi) is 4.46. The van der Waals surface area contributed by atoms with E-state index < -0.39 is 21.7 Å². The Hall–Kier alpha value is -0.990. The number of hydrogen-bond acceptors (Lipinski definition) is 2. The molecule has 8 heteroatoms.